The average molecular weight is 436 g/mol. The summed E-state index contributed by atoms with van der Waals surface area (Å²) < 4.78 is 33.9. The summed E-state index contributed by atoms with van der Waals surface area (Å²) in [4.78, 5) is 18.7. The van der Waals surface area contributed by atoms with Crippen LogP contribution in [0.25, 0.3) is 0 Å². The molecule has 1 aliphatic heterocycles. The summed E-state index contributed by atoms with van der Waals surface area (Å²) in [6, 6.07) is 6.68. The van der Waals surface area contributed by atoms with Crippen LogP contribution in [0.1, 0.15) is 50.9 Å². The molecule has 3 rings (SSSR count). The third-order valence-corrected chi connectivity index (χ3v) is 6.08. The van der Waals surface area contributed by atoms with Crippen LogP contribution in [0.2, 0.25) is 0 Å². The van der Waals surface area contributed by atoms with Crippen molar-refractivity contribution in [2.75, 3.05) is 19.3 Å². The van der Waals surface area contributed by atoms with E-state index in [-0.39, 0.29) is 11.0 Å². The fourth-order valence-electron chi connectivity index (χ4n) is 3.38. The van der Waals surface area contributed by atoms with Crippen LogP contribution in [0.3, 0.4) is 0 Å². The number of hydrogen-bond donors (Lipinski definition) is 0. The van der Waals surface area contributed by atoms with Gasteiger partial charge >= 0.3 is 6.09 Å². The average Bonchev–Trinajstić information content (AvgIpc) is 3.07. The molecule has 0 radical (unpaired) electrons. The normalized spacial score (nSPS) is 15.9. The summed E-state index contributed by atoms with van der Waals surface area (Å²) in [6.45, 7) is 6.93. The van der Waals surface area contributed by atoms with Gasteiger partial charge in [-0.25, -0.2) is 13.2 Å². The monoisotopic (exact) mass is 435 g/mol. The quantitative estimate of drug-likeness (QED) is 0.710. The fraction of sp³-hybridized carbons (Fsp3) is 0.571. The molecular formula is C21H29N3O5S. The van der Waals surface area contributed by atoms with Crippen LogP contribution in [0.5, 0.6) is 0 Å². The molecule has 0 aliphatic carbocycles. The lowest BCUT2D eigenvalue weighted by atomic mass is 9.93. The van der Waals surface area contributed by atoms with Crippen molar-refractivity contribution in [3.8, 4) is 0 Å². The van der Waals surface area contributed by atoms with E-state index in [1.54, 1.807) is 29.2 Å². The minimum absolute atomic E-state index is 0.260. The first-order valence-electron chi connectivity index (χ1n) is 10.1. The van der Waals surface area contributed by atoms with Crippen molar-refractivity contribution in [3.63, 3.8) is 0 Å². The van der Waals surface area contributed by atoms with Gasteiger partial charge in [-0.05, 0) is 57.2 Å². The zero-order valence-electron chi connectivity index (χ0n) is 17.9. The number of carbonyl (C=O) groups is 1. The lowest BCUT2D eigenvalue weighted by Crippen LogP contribution is -2.42. The summed E-state index contributed by atoms with van der Waals surface area (Å²) in [5.41, 5.74) is 0.420. The van der Waals surface area contributed by atoms with E-state index < -0.39 is 15.4 Å². The number of hydrogen-bond acceptors (Lipinski definition) is 7. The minimum atomic E-state index is -3.21. The molecule has 1 aromatic carbocycles. The van der Waals surface area contributed by atoms with Crippen molar-refractivity contribution in [3.05, 3.63) is 41.5 Å². The van der Waals surface area contributed by atoms with Crippen molar-refractivity contribution in [1.29, 1.82) is 0 Å². The molecule has 2 aromatic rings. The van der Waals surface area contributed by atoms with Gasteiger partial charge in [-0.15, -0.1) is 0 Å². The Morgan fingerprint density at radius 2 is 1.83 bits per heavy atom. The molecule has 1 saturated heterocycles. The summed E-state index contributed by atoms with van der Waals surface area (Å²) in [5, 5.41) is 4.08. The molecule has 1 aliphatic rings. The van der Waals surface area contributed by atoms with Gasteiger partial charge in [-0.2, -0.15) is 4.98 Å². The Labute approximate surface area is 177 Å². The van der Waals surface area contributed by atoms with E-state index in [1.807, 2.05) is 20.8 Å². The molecule has 1 fully saturated rings. The lowest BCUT2D eigenvalue weighted by Gasteiger charge is -2.33. The maximum atomic E-state index is 12.2. The number of ether oxygens (including phenoxy) is 1. The van der Waals surface area contributed by atoms with Gasteiger partial charge in [0.1, 0.15) is 5.60 Å². The van der Waals surface area contributed by atoms with Gasteiger partial charge < -0.3 is 14.2 Å². The fourth-order valence-corrected chi connectivity index (χ4v) is 4.01. The number of nitrogens with zero attached hydrogens (tertiary/aromatic N) is 3. The molecule has 164 valence electrons. The standard InChI is InChI=1S/C21H29N3O5S/c1-21(2,3)28-20(25)24-11-9-16(10-12-24)13-18-22-19(29-23-18)14-15-5-7-17(8-6-15)30(4,26)27/h5-8,16H,9-14H2,1-4H3. The zero-order valence-corrected chi connectivity index (χ0v) is 18.7. The van der Waals surface area contributed by atoms with Gasteiger partial charge in [0.2, 0.25) is 5.89 Å². The number of rotatable bonds is 5. The van der Waals surface area contributed by atoms with Crippen LogP contribution < -0.4 is 0 Å². The van der Waals surface area contributed by atoms with Gasteiger partial charge in [0.25, 0.3) is 0 Å². The summed E-state index contributed by atoms with van der Waals surface area (Å²) >= 11 is 0. The molecule has 2 heterocycles. The molecule has 1 aromatic heterocycles. The van der Waals surface area contributed by atoms with E-state index in [2.05, 4.69) is 10.1 Å². The smallest absolute Gasteiger partial charge is 0.410 e. The summed E-state index contributed by atoms with van der Waals surface area (Å²) in [6.07, 6.45) is 3.83. The number of likely N-dealkylation sites (tertiary alicyclic amines) is 1. The van der Waals surface area contributed by atoms with E-state index in [0.717, 1.165) is 18.4 Å². The predicted molar refractivity (Wildman–Crippen MR) is 111 cm³/mol. The number of amides is 1. The van der Waals surface area contributed by atoms with Crippen LogP contribution in [0.15, 0.2) is 33.7 Å². The van der Waals surface area contributed by atoms with E-state index in [4.69, 9.17) is 9.26 Å². The summed E-state index contributed by atoms with van der Waals surface area (Å²) in [5.74, 6) is 1.56. The SMILES string of the molecule is CC(C)(C)OC(=O)N1CCC(Cc2noc(Cc3ccc(S(C)(=O)=O)cc3)n2)CC1. The number of piperidine rings is 1. The highest BCUT2D eigenvalue weighted by Crippen LogP contribution is 2.23. The first-order valence-corrected chi connectivity index (χ1v) is 12.0. The molecule has 0 N–H and O–H groups in total. The molecule has 8 nitrogen and oxygen atoms in total. The second-order valence-electron chi connectivity index (χ2n) is 8.81. The number of sulfone groups is 1. The zero-order chi connectivity index (χ0) is 21.9. The molecule has 30 heavy (non-hydrogen) atoms. The Balaban J connectivity index is 1.50. The van der Waals surface area contributed by atoms with Crippen molar-refractivity contribution < 1.29 is 22.5 Å². The van der Waals surface area contributed by atoms with Crippen molar-refractivity contribution in [2.45, 2.75) is 57.0 Å². The molecule has 9 heteroatoms. The van der Waals surface area contributed by atoms with Crippen molar-refractivity contribution >= 4 is 15.9 Å². The van der Waals surface area contributed by atoms with Gasteiger partial charge in [-0.3, -0.25) is 0 Å². The Hall–Kier alpha value is -2.42. The van der Waals surface area contributed by atoms with Gasteiger partial charge in [0.15, 0.2) is 15.7 Å². The van der Waals surface area contributed by atoms with Gasteiger partial charge in [0, 0.05) is 25.8 Å². The topological polar surface area (TPSA) is 103 Å². The molecule has 0 unspecified atom stereocenters. The molecular weight excluding hydrogens is 406 g/mol. The van der Waals surface area contributed by atoms with E-state index >= 15 is 0 Å². The molecule has 0 atom stereocenters. The van der Waals surface area contributed by atoms with Gasteiger partial charge in [0.05, 0.1) is 11.3 Å². The van der Waals surface area contributed by atoms with Crippen LogP contribution in [-0.2, 0) is 27.4 Å². The number of aromatic nitrogens is 2. The van der Waals surface area contributed by atoms with Crippen LogP contribution in [0, 0.1) is 5.92 Å². The minimum Gasteiger partial charge on any atom is -0.444 e. The van der Waals surface area contributed by atoms with Crippen molar-refractivity contribution in [1.82, 2.24) is 15.0 Å². The van der Waals surface area contributed by atoms with Gasteiger partial charge in [-0.1, -0.05) is 17.3 Å². The van der Waals surface area contributed by atoms with E-state index in [0.29, 0.717) is 43.6 Å². The van der Waals surface area contributed by atoms with Crippen LogP contribution >= 0.6 is 0 Å². The highest BCUT2D eigenvalue weighted by atomic mass is 32.2. The predicted octanol–water partition coefficient (Wildman–Crippen LogP) is 3.25. The highest BCUT2D eigenvalue weighted by Gasteiger charge is 2.27. The second kappa shape index (κ2) is 8.75. The third kappa shape index (κ3) is 6.29. The Morgan fingerprint density at radius 3 is 2.40 bits per heavy atom. The maximum Gasteiger partial charge on any atom is 0.410 e. The first-order chi connectivity index (χ1) is 14.0. The number of carbonyl (C=O) groups excluding carboxylic acids is 1. The lowest BCUT2D eigenvalue weighted by molar-refractivity contribution is 0.0183. The molecule has 0 saturated carbocycles. The van der Waals surface area contributed by atoms with E-state index in [1.165, 1.54) is 6.26 Å². The summed E-state index contributed by atoms with van der Waals surface area (Å²) in [7, 11) is -3.21. The molecule has 0 bridgehead atoms. The Kier molecular flexibility index (Phi) is 6.50. The van der Waals surface area contributed by atoms with E-state index in [9.17, 15) is 13.2 Å². The van der Waals surface area contributed by atoms with Crippen LogP contribution in [-0.4, -0.2) is 54.5 Å². The Morgan fingerprint density at radius 1 is 1.20 bits per heavy atom. The second-order valence-corrected chi connectivity index (χ2v) is 10.8. The molecule has 0 spiro atoms. The van der Waals surface area contributed by atoms with Crippen LogP contribution in [0.4, 0.5) is 4.79 Å². The number of benzene rings is 1. The third-order valence-electron chi connectivity index (χ3n) is 4.95. The highest BCUT2D eigenvalue weighted by molar-refractivity contribution is 7.90. The maximum absolute atomic E-state index is 12.2. The van der Waals surface area contributed by atoms with Crippen molar-refractivity contribution in [2.24, 2.45) is 5.92 Å². The Bertz CT molecular complexity index is 969. The first kappa shape index (κ1) is 22.3. The largest absolute Gasteiger partial charge is 0.444 e. The molecule has 1 amide bonds.